The summed E-state index contributed by atoms with van der Waals surface area (Å²) < 4.78 is 5.98. The highest BCUT2D eigenvalue weighted by atomic mass is 32.1. The van der Waals surface area contributed by atoms with Crippen LogP contribution in [0.2, 0.25) is 0 Å². The Hall–Kier alpha value is -2.63. The topological polar surface area (TPSA) is 49.8 Å². The summed E-state index contributed by atoms with van der Waals surface area (Å²) in [5.74, 6) is -0.0187. The summed E-state index contributed by atoms with van der Waals surface area (Å²) in [6, 6.07) is 20.6. The average Bonchev–Trinajstić information content (AvgIpc) is 3.16. The Bertz CT molecular complexity index is 847. The molecule has 0 atom stereocenters. The van der Waals surface area contributed by atoms with Gasteiger partial charge in [0.25, 0.3) is 0 Å². The summed E-state index contributed by atoms with van der Waals surface area (Å²) in [4.78, 5) is 13.6. The van der Waals surface area contributed by atoms with Crippen LogP contribution in [0.4, 0.5) is 0 Å². The Morgan fingerprint density at radius 3 is 2.58 bits per heavy atom. The largest absolute Gasteiger partial charge is 0.492 e. The van der Waals surface area contributed by atoms with E-state index >= 15 is 0 Å². The second-order valence-electron chi connectivity index (χ2n) is 6.03. The first-order valence-corrected chi connectivity index (χ1v) is 9.28. The van der Waals surface area contributed by atoms with E-state index < -0.39 is 5.97 Å². The van der Waals surface area contributed by atoms with Crippen molar-refractivity contribution in [2.45, 2.75) is 0 Å². The molecule has 0 aliphatic heterocycles. The van der Waals surface area contributed by atoms with Crippen molar-refractivity contribution in [2.24, 2.45) is 0 Å². The van der Waals surface area contributed by atoms with E-state index in [1.165, 1.54) is 0 Å². The molecule has 5 heteroatoms. The third kappa shape index (κ3) is 4.71. The van der Waals surface area contributed by atoms with Crippen LogP contribution >= 0.6 is 11.3 Å². The summed E-state index contributed by atoms with van der Waals surface area (Å²) in [7, 11) is 1.77. The molecule has 0 unspecified atom stereocenters. The Labute approximate surface area is 157 Å². The number of carboxylic acids is 1. The monoisotopic (exact) mass is 367 g/mol. The van der Waals surface area contributed by atoms with Gasteiger partial charge in [0.05, 0.1) is 6.54 Å². The zero-order chi connectivity index (χ0) is 18.4. The van der Waals surface area contributed by atoms with Gasteiger partial charge in [-0.1, -0.05) is 42.5 Å². The lowest BCUT2D eigenvalue weighted by molar-refractivity contribution is -0.138. The molecule has 1 N–H and O–H groups in total. The Balaban J connectivity index is 1.80. The van der Waals surface area contributed by atoms with Gasteiger partial charge in [-0.25, -0.2) is 0 Å². The fourth-order valence-electron chi connectivity index (χ4n) is 2.71. The van der Waals surface area contributed by atoms with Gasteiger partial charge in [-0.3, -0.25) is 9.69 Å². The van der Waals surface area contributed by atoms with Gasteiger partial charge in [0.1, 0.15) is 12.4 Å². The van der Waals surface area contributed by atoms with E-state index in [1.807, 2.05) is 30.3 Å². The molecule has 134 valence electrons. The molecule has 3 aromatic rings. The van der Waals surface area contributed by atoms with Crippen molar-refractivity contribution >= 4 is 17.3 Å². The standard InChI is InChI=1S/C21H21NO3S/c1-22(15-21(23)24)11-12-25-19-10-9-17(16-6-3-2-4-7-16)14-18(19)20-8-5-13-26-20/h2-10,13-14H,11-12,15H2,1H3,(H,23,24). The first kappa shape index (κ1) is 18.2. The van der Waals surface area contributed by atoms with Crippen molar-refractivity contribution in [3.05, 3.63) is 66.0 Å². The van der Waals surface area contributed by atoms with E-state index in [0.29, 0.717) is 13.2 Å². The van der Waals surface area contributed by atoms with Gasteiger partial charge in [-0.2, -0.15) is 0 Å². The number of nitrogens with zero attached hydrogens (tertiary/aromatic N) is 1. The van der Waals surface area contributed by atoms with E-state index in [4.69, 9.17) is 9.84 Å². The number of hydrogen-bond donors (Lipinski definition) is 1. The van der Waals surface area contributed by atoms with E-state index in [0.717, 1.165) is 27.3 Å². The number of rotatable bonds is 8. The number of benzene rings is 2. The summed E-state index contributed by atoms with van der Waals surface area (Å²) in [5.41, 5.74) is 3.37. The molecule has 0 amide bonds. The van der Waals surface area contributed by atoms with Crippen molar-refractivity contribution in [3.8, 4) is 27.3 Å². The van der Waals surface area contributed by atoms with Gasteiger partial charge in [0.15, 0.2) is 0 Å². The summed E-state index contributed by atoms with van der Waals surface area (Å²) in [5, 5.41) is 10.9. The molecule has 0 bridgehead atoms. The van der Waals surface area contributed by atoms with Gasteiger partial charge < -0.3 is 9.84 Å². The van der Waals surface area contributed by atoms with Gasteiger partial charge in [0.2, 0.25) is 0 Å². The molecular weight excluding hydrogens is 346 g/mol. The number of carboxylic acid groups (broad SMARTS) is 1. The number of aliphatic carboxylic acids is 1. The molecule has 1 heterocycles. The summed E-state index contributed by atoms with van der Waals surface area (Å²) >= 11 is 1.67. The SMILES string of the molecule is CN(CCOc1ccc(-c2ccccc2)cc1-c1cccs1)CC(=O)O. The number of hydrogen-bond acceptors (Lipinski definition) is 4. The second kappa shape index (κ2) is 8.65. The average molecular weight is 367 g/mol. The Kier molecular flexibility index (Phi) is 6.04. The van der Waals surface area contributed by atoms with Crippen molar-refractivity contribution in [1.29, 1.82) is 0 Å². The van der Waals surface area contributed by atoms with Crippen LogP contribution in [0.1, 0.15) is 0 Å². The van der Waals surface area contributed by atoms with Crippen molar-refractivity contribution in [3.63, 3.8) is 0 Å². The normalized spacial score (nSPS) is 10.8. The highest BCUT2D eigenvalue weighted by Gasteiger charge is 2.11. The third-order valence-electron chi connectivity index (χ3n) is 4.01. The lowest BCUT2D eigenvalue weighted by atomic mass is 10.0. The van der Waals surface area contributed by atoms with Crippen molar-refractivity contribution in [2.75, 3.05) is 26.7 Å². The number of carbonyl (C=O) groups is 1. The van der Waals surface area contributed by atoms with Crippen LogP contribution in [-0.2, 0) is 4.79 Å². The van der Waals surface area contributed by atoms with Crippen molar-refractivity contribution in [1.82, 2.24) is 4.90 Å². The lowest BCUT2D eigenvalue weighted by Crippen LogP contribution is -2.29. The van der Waals surface area contributed by atoms with E-state index in [9.17, 15) is 4.79 Å². The maximum atomic E-state index is 10.7. The van der Waals surface area contributed by atoms with Gasteiger partial charge in [0, 0.05) is 17.0 Å². The quantitative estimate of drug-likeness (QED) is 0.638. The van der Waals surface area contributed by atoms with Gasteiger partial charge in [-0.05, 0) is 41.8 Å². The van der Waals surface area contributed by atoms with Crippen LogP contribution in [0.25, 0.3) is 21.6 Å². The fraction of sp³-hybridized carbons (Fsp3) is 0.190. The highest BCUT2D eigenvalue weighted by Crippen LogP contribution is 2.36. The maximum Gasteiger partial charge on any atom is 0.317 e. The maximum absolute atomic E-state index is 10.7. The van der Waals surface area contributed by atoms with Crippen LogP contribution in [-0.4, -0.2) is 42.7 Å². The Morgan fingerprint density at radius 2 is 1.88 bits per heavy atom. The molecule has 1 aromatic heterocycles. The van der Waals surface area contributed by atoms with Crippen LogP contribution in [0.3, 0.4) is 0 Å². The predicted molar refractivity (Wildman–Crippen MR) is 106 cm³/mol. The predicted octanol–water partition coefficient (Wildman–Crippen LogP) is 4.48. The molecular formula is C21H21NO3S. The molecule has 0 fully saturated rings. The lowest BCUT2D eigenvalue weighted by Gasteiger charge is -2.16. The molecule has 4 nitrogen and oxygen atoms in total. The number of ether oxygens (including phenoxy) is 1. The highest BCUT2D eigenvalue weighted by molar-refractivity contribution is 7.13. The van der Waals surface area contributed by atoms with Gasteiger partial charge >= 0.3 is 5.97 Å². The molecule has 0 saturated heterocycles. The molecule has 0 radical (unpaired) electrons. The van der Waals surface area contributed by atoms with Crippen LogP contribution in [0, 0.1) is 0 Å². The minimum atomic E-state index is -0.834. The molecule has 0 aliphatic carbocycles. The van der Waals surface area contributed by atoms with Crippen molar-refractivity contribution < 1.29 is 14.6 Å². The van der Waals surface area contributed by atoms with Crippen LogP contribution < -0.4 is 4.74 Å². The van der Waals surface area contributed by atoms with E-state index in [1.54, 1.807) is 23.3 Å². The molecule has 3 rings (SSSR count). The summed E-state index contributed by atoms with van der Waals surface area (Å²) in [6.45, 7) is 0.998. The van der Waals surface area contributed by atoms with Gasteiger partial charge in [-0.15, -0.1) is 11.3 Å². The third-order valence-corrected chi connectivity index (χ3v) is 4.91. The number of likely N-dealkylation sites (N-methyl/N-ethyl adjacent to an activating group) is 1. The van der Waals surface area contributed by atoms with E-state index in [-0.39, 0.29) is 6.54 Å². The molecule has 2 aromatic carbocycles. The number of thiophene rings is 1. The molecule has 0 saturated carbocycles. The van der Waals surface area contributed by atoms with Crippen LogP contribution in [0.15, 0.2) is 66.0 Å². The zero-order valence-electron chi connectivity index (χ0n) is 14.6. The van der Waals surface area contributed by atoms with Crippen LogP contribution in [0.5, 0.6) is 5.75 Å². The Morgan fingerprint density at radius 1 is 1.08 bits per heavy atom. The first-order valence-electron chi connectivity index (χ1n) is 8.40. The second-order valence-corrected chi connectivity index (χ2v) is 6.98. The summed E-state index contributed by atoms with van der Waals surface area (Å²) in [6.07, 6.45) is 0. The first-order chi connectivity index (χ1) is 12.6. The zero-order valence-corrected chi connectivity index (χ0v) is 15.4. The van der Waals surface area contributed by atoms with E-state index in [2.05, 4.69) is 35.7 Å². The molecule has 0 spiro atoms. The fourth-order valence-corrected chi connectivity index (χ4v) is 3.46. The minimum absolute atomic E-state index is 0.00802. The molecule has 26 heavy (non-hydrogen) atoms. The minimum Gasteiger partial charge on any atom is -0.492 e. The smallest absolute Gasteiger partial charge is 0.317 e. The molecule has 0 aliphatic rings.